The van der Waals surface area contributed by atoms with E-state index in [0.717, 1.165) is 16.3 Å². The lowest BCUT2D eigenvalue weighted by molar-refractivity contribution is -0.886. The minimum Gasteiger partial charge on any atom is -0.497 e. The van der Waals surface area contributed by atoms with Crippen LogP contribution in [0, 0.1) is 11.3 Å². The Morgan fingerprint density at radius 1 is 1.50 bits per heavy atom. The predicted molar refractivity (Wildman–Crippen MR) is 68.5 cm³/mol. The lowest BCUT2D eigenvalue weighted by atomic mass is 10.3. The number of carbonyl (C=O) groups is 1. The molecule has 0 heterocycles. The van der Waals surface area contributed by atoms with Crippen LogP contribution in [0.3, 0.4) is 0 Å². The van der Waals surface area contributed by atoms with Crippen LogP contribution in [-0.2, 0) is 4.79 Å². The molecule has 0 fully saturated rings. The maximum atomic E-state index is 11.7. The van der Waals surface area contributed by atoms with E-state index in [4.69, 9.17) is 10.00 Å². The van der Waals surface area contributed by atoms with Crippen molar-refractivity contribution in [2.24, 2.45) is 0 Å². The van der Waals surface area contributed by atoms with E-state index in [1.165, 1.54) is 0 Å². The van der Waals surface area contributed by atoms with Crippen LogP contribution < -0.4 is 15.0 Å². The Labute approximate surface area is 107 Å². The number of ether oxygens (including phenoxy) is 1. The monoisotopic (exact) mass is 248 g/mol. The number of hydrogen-bond acceptors (Lipinski definition) is 3. The summed E-state index contributed by atoms with van der Waals surface area (Å²) in [6, 6.07) is 9.03. The highest BCUT2D eigenvalue weighted by atomic mass is 16.5. The summed E-state index contributed by atoms with van der Waals surface area (Å²) in [6.45, 7) is 2.05. The van der Waals surface area contributed by atoms with Crippen LogP contribution in [0.4, 0.5) is 5.69 Å². The van der Waals surface area contributed by atoms with Crippen molar-refractivity contribution in [2.75, 3.05) is 26.0 Å². The lowest BCUT2D eigenvalue weighted by Gasteiger charge is -2.15. The first-order valence-corrected chi connectivity index (χ1v) is 5.72. The molecule has 2 atom stereocenters. The van der Waals surface area contributed by atoms with Crippen molar-refractivity contribution in [3.8, 4) is 11.8 Å². The van der Waals surface area contributed by atoms with Crippen LogP contribution in [-0.4, -0.2) is 32.7 Å². The molecule has 1 unspecified atom stereocenters. The zero-order valence-corrected chi connectivity index (χ0v) is 10.9. The molecule has 1 amide bonds. The van der Waals surface area contributed by atoms with Crippen molar-refractivity contribution in [3.63, 3.8) is 0 Å². The number of amides is 1. The molecule has 0 spiro atoms. The summed E-state index contributed by atoms with van der Waals surface area (Å²) >= 11 is 0. The Morgan fingerprint density at radius 2 is 2.11 bits per heavy atom. The summed E-state index contributed by atoms with van der Waals surface area (Å²) in [6.07, 6.45) is 0. The van der Waals surface area contributed by atoms with E-state index >= 15 is 0 Å². The number of benzene rings is 1. The third kappa shape index (κ3) is 4.07. The molecule has 5 heteroatoms. The molecule has 0 aliphatic heterocycles. The first-order valence-electron chi connectivity index (χ1n) is 5.72. The molecule has 0 aliphatic rings. The molecule has 5 nitrogen and oxygen atoms in total. The second kappa shape index (κ2) is 6.62. The highest BCUT2D eigenvalue weighted by molar-refractivity contribution is 5.91. The Hall–Kier alpha value is -2.06. The van der Waals surface area contributed by atoms with Crippen LogP contribution >= 0.6 is 0 Å². The normalized spacial score (nSPS) is 13.2. The molecule has 0 saturated carbocycles. The third-order valence-corrected chi connectivity index (χ3v) is 2.75. The Bertz CT molecular complexity index is 437. The fourth-order valence-electron chi connectivity index (χ4n) is 1.40. The highest BCUT2D eigenvalue weighted by Gasteiger charge is 2.15. The molecule has 0 radical (unpaired) electrons. The Kier molecular flexibility index (Phi) is 5.15. The predicted octanol–water partition coefficient (Wildman–Crippen LogP) is 0.0605. The van der Waals surface area contributed by atoms with Crippen molar-refractivity contribution >= 4 is 11.6 Å². The minimum absolute atomic E-state index is 0.111. The number of nitrogens with zero attached hydrogens (tertiary/aromatic N) is 1. The highest BCUT2D eigenvalue weighted by Crippen LogP contribution is 2.14. The van der Waals surface area contributed by atoms with E-state index in [1.807, 2.05) is 7.05 Å². The average Bonchev–Trinajstić information content (AvgIpc) is 2.38. The van der Waals surface area contributed by atoms with E-state index < -0.39 is 0 Å². The van der Waals surface area contributed by atoms with E-state index in [-0.39, 0.29) is 18.5 Å². The maximum Gasteiger partial charge on any atom is 0.279 e. The molecular formula is C13H18N3O2+. The number of nitrogens with one attached hydrogen (secondary N) is 2. The van der Waals surface area contributed by atoms with Gasteiger partial charge < -0.3 is 15.0 Å². The molecule has 0 bridgehead atoms. The quantitative estimate of drug-likeness (QED) is 0.774. The fourth-order valence-corrected chi connectivity index (χ4v) is 1.40. The molecular weight excluding hydrogens is 230 g/mol. The number of methoxy groups -OCH3 is 1. The van der Waals surface area contributed by atoms with Gasteiger partial charge in [-0.15, -0.1) is 0 Å². The SMILES string of the molecule is COc1ccc(NC(=O)C[NH+](C)[C@@H](C)C#N)cc1. The van der Waals surface area contributed by atoms with Gasteiger partial charge in [0.2, 0.25) is 0 Å². The standard InChI is InChI=1S/C13H17N3O2/c1-10(8-14)16(2)9-13(17)15-11-4-6-12(18-3)7-5-11/h4-7,10H,9H2,1-3H3,(H,15,17)/p+1/t10-/m0/s1. The average molecular weight is 248 g/mol. The topological polar surface area (TPSA) is 66.6 Å². The molecule has 1 aromatic carbocycles. The summed E-state index contributed by atoms with van der Waals surface area (Å²) in [4.78, 5) is 12.6. The summed E-state index contributed by atoms with van der Waals surface area (Å²) < 4.78 is 5.03. The van der Waals surface area contributed by atoms with Gasteiger partial charge in [0.1, 0.15) is 11.8 Å². The number of rotatable bonds is 5. The largest absolute Gasteiger partial charge is 0.497 e. The summed E-state index contributed by atoms with van der Waals surface area (Å²) in [5.41, 5.74) is 0.721. The van der Waals surface area contributed by atoms with Crippen molar-refractivity contribution in [1.29, 1.82) is 5.26 Å². The third-order valence-electron chi connectivity index (χ3n) is 2.75. The van der Waals surface area contributed by atoms with Gasteiger partial charge in [-0.1, -0.05) is 0 Å². The Balaban J connectivity index is 2.52. The second-order valence-electron chi connectivity index (χ2n) is 4.15. The molecule has 1 aromatic rings. The van der Waals surface area contributed by atoms with Gasteiger partial charge in [-0.25, -0.2) is 0 Å². The van der Waals surface area contributed by atoms with Crippen LogP contribution in [0.25, 0.3) is 0 Å². The summed E-state index contributed by atoms with van der Waals surface area (Å²) in [7, 11) is 3.41. The smallest absolute Gasteiger partial charge is 0.279 e. The zero-order valence-electron chi connectivity index (χ0n) is 10.9. The molecule has 2 N–H and O–H groups in total. The van der Waals surface area contributed by atoms with Crippen molar-refractivity contribution < 1.29 is 14.4 Å². The van der Waals surface area contributed by atoms with Crippen LogP contribution in [0.2, 0.25) is 0 Å². The van der Waals surface area contributed by atoms with Gasteiger partial charge in [-0.05, 0) is 24.3 Å². The number of nitriles is 1. The number of quaternary nitrogens is 1. The molecule has 18 heavy (non-hydrogen) atoms. The maximum absolute atomic E-state index is 11.7. The molecule has 0 aliphatic carbocycles. The van der Waals surface area contributed by atoms with Crippen molar-refractivity contribution in [1.82, 2.24) is 0 Å². The molecule has 0 saturated heterocycles. The van der Waals surface area contributed by atoms with Gasteiger partial charge in [0.05, 0.1) is 14.2 Å². The first-order chi connectivity index (χ1) is 8.56. The van der Waals surface area contributed by atoms with E-state index in [2.05, 4.69) is 11.4 Å². The number of carbonyl (C=O) groups excluding carboxylic acids is 1. The van der Waals surface area contributed by atoms with Gasteiger partial charge in [0.25, 0.3) is 5.91 Å². The zero-order chi connectivity index (χ0) is 13.5. The summed E-state index contributed by atoms with van der Waals surface area (Å²) in [5.74, 6) is 0.633. The Morgan fingerprint density at radius 3 is 2.61 bits per heavy atom. The number of anilines is 1. The van der Waals surface area contributed by atoms with Crippen LogP contribution in [0.1, 0.15) is 6.92 Å². The molecule has 96 valence electrons. The van der Waals surface area contributed by atoms with Crippen molar-refractivity contribution in [3.05, 3.63) is 24.3 Å². The van der Waals surface area contributed by atoms with Crippen LogP contribution in [0.15, 0.2) is 24.3 Å². The van der Waals surface area contributed by atoms with Gasteiger partial charge in [-0.3, -0.25) is 4.79 Å². The molecule has 0 aromatic heterocycles. The number of likely N-dealkylation sites (N-methyl/N-ethyl adjacent to an activating group) is 1. The van der Waals surface area contributed by atoms with Crippen molar-refractivity contribution in [2.45, 2.75) is 13.0 Å². The van der Waals surface area contributed by atoms with Gasteiger partial charge in [0.15, 0.2) is 12.6 Å². The van der Waals surface area contributed by atoms with E-state index in [0.29, 0.717) is 0 Å². The molecule has 1 rings (SSSR count). The number of hydrogen-bond donors (Lipinski definition) is 2. The van der Waals surface area contributed by atoms with Crippen LogP contribution in [0.5, 0.6) is 5.75 Å². The fraction of sp³-hybridized carbons (Fsp3) is 0.385. The van der Waals surface area contributed by atoms with Gasteiger partial charge >= 0.3 is 0 Å². The van der Waals surface area contributed by atoms with Gasteiger partial charge in [0, 0.05) is 12.6 Å². The minimum atomic E-state index is -0.202. The van der Waals surface area contributed by atoms with E-state index in [1.54, 1.807) is 38.3 Å². The first kappa shape index (κ1) is 14.0. The summed E-state index contributed by atoms with van der Waals surface area (Å²) in [5, 5.41) is 11.5. The lowest BCUT2D eigenvalue weighted by Crippen LogP contribution is -3.13. The van der Waals surface area contributed by atoms with Gasteiger partial charge in [-0.2, -0.15) is 5.26 Å². The second-order valence-corrected chi connectivity index (χ2v) is 4.15. The van der Waals surface area contributed by atoms with E-state index in [9.17, 15) is 4.79 Å².